The Morgan fingerprint density at radius 1 is 0.871 bits per heavy atom. The monoisotopic (exact) mass is 423 g/mol. The summed E-state index contributed by atoms with van der Waals surface area (Å²) in [5, 5.41) is 0. The van der Waals surface area contributed by atoms with E-state index in [0.29, 0.717) is 18.6 Å². The van der Waals surface area contributed by atoms with E-state index in [0.717, 1.165) is 24.8 Å². The number of unbranched alkanes of at least 4 members (excludes halogenated alkanes) is 5. The van der Waals surface area contributed by atoms with E-state index >= 15 is 0 Å². The number of aliphatic imine (C=N–C) groups is 1. The van der Waals surface area contributed by atoms with Gasteiger partial charge >= 0.3 is 5.97 Å². The minimum absolute atomic E-state index is 0.282. The van der Waals surface area contributed by atoms with Crippen LogP contribution in [-0.4, -0.2) is 31.1 Å². The van der Waals surface area contributed by atoms with Crippen LogP contribution in [0.2, 0.25) is 0 Å². The number of carbonyl (C=O) groups is 1. The predicted octanol–water partition coefficient (Wildman–Crippen LogP) is 6.84. The Kier molecular flexibility index (Phi) is 11.6. The van der Waals surface area contributed by atoms with Gasteiger partial charge < -0.3 is 9.47 Å². The molecule has 1 atom stereocenters. The Hall–Kier alpha value is -2.46. The van der Waals surface area contributed by atoms with Crippen LogP contribution in [-0.2, 0) is 9.47 Å². The first-order valence-electron chi connectivity index (χ1n) is 11.7. The van der Waals surface area contributed by atoms with E-state index in [2.05, 4.69) is 18.8 Å². The fourth-order valence-corrected chi connectivity index (χ4v) is 3.46. The molecule has 0 aliphatic carbocycles. The van der Waals surface area contributed by atoms with Crippen molar-refractivity contribution in [3.05, 3.63) is 71.8 Å². The first kappa shape index (κ1) is 24.8. The molecular weight excluding hydrogens is 386 g/mol. The number of benzene rings is 2. The van der Waals surface area contributed by atoms with Crippen LogP contribution in [0.4, 0.5) is 0 Å². The van der Waals surface area contributed by atoms with Crippen molar-refractivity contribution in [3.8, 4) is 0 Å². The summed E-state index contributed by atoms with van der Waals surface area (Å²) in [6, 6.07) is 19.0. The molecule has 31 heavy (non-hydrogen) atoms. The third-order valence-electron chi connectivity index (χ3n) is 5.15. The third kappa shape index (κ3) is 9.48. The number of esters is 1. The largest absolute Gasteiger partial charge is 0.427 e. The Labute approximate surface area is 187 Å². The van der Waals surface area contributed by atoms with Crippen molar-refractivity contribution in [1.29, 1.82) is 0 Å². The van der Waals surface area contributed by atoms with E-state index in [1.54, 1.807) is 12.1 Å². The maximum Gasteiger partial charge on any atom is 0.340 e. The molecule has 0 bridgehead atoms. The molecule has 0 aliphatic heterocycles. The molecule has 0 saturated carbocycles. The third-order valence-corrected chi connectivity index (χ3v) is 5.15. The second-order valence-electron chi connectivity index (χ2n) is 7.91. The van der Waals surface area contributed by atoms with Gasteiger partial charge in [-0.25, -0.2) is 4.79 Å². The minimum Gasteiger partial charge on any atom is -0.427 e. The molecule has 0 spiro atoms. The number of nitrogens with zero attached hydrogens (tertiary/aromatic N) is 1. The second-order valence-corrected chi connectivity index (χ2v) is 7.91. The van der Waals surface area contributed by atoms with Gasteiger partial charge in [-0.1, -0.05) is 94.5 Å². The van der Waals surface area contributed by atoms with Crippen LogP contribution in [0.1, 0.15) is 81.1 Å². The lowest BCUT2D eigenvalue weighted by molar-refractivity contribution is -0.201. The number of rotatable bonds is 15. The molecule has 2 aromatic rings. The molecule has 2 aromatic carbocycles. The smallest absolute Gasteiger partial charge is 0.340 e. The molecule has 1 unspecified atom stereocenters. The molecular formula is C27H37NO3. The van der Waals surface area contributed by atoms with Gasteiger partial charge in [-0.3, -0.25) is 4.99 Å². The quantitative estimate of drug-likeness (QED) is 0.136. The SMILES string of the molecule is CCCCCCCCOC(CCC)(CN=Cc1ccccc1)OC(=O)c1ccccc1. The molecule has 0 fully saturated rings. The number of hydrogen-bond acceptors (Lipinski definition) is 4. The highest BCUT2D eigenvalue weighted by atomic mass is 16.7. The minimum atomic E-state index is -1.05. The van der Waals surface area contributed by atoms with E-state index in [4.69, 9.17) is 9.47 Å². The van der Waals surface area contributed by atoms with Crippen molar-refractivity contribution in [3.63, 3.8) is 0 Å². The van der Waals surface area contributed by atoms with Crippen LogP contribution in [0, 0.1) is 0 Å². The molecule has 0 saturated heterocycles. The van der Waals surface area contributed by atoms with Crippen molar-refractivity contribution in [2.75, 3.05) is 13.2 Å². The van der Waals surface area contributed by atoms with Crippen molar-refractivity contribution in [2.45, 2.75) is 71.0 Å². The molecule has 2 rings (SSSR count). The van der Waals surface area contributed by atoms with Crippen LogP contribution in [0.25, 0.3) is 0 Å². The van der Waals surface area contributed by atoms with Gasteiger partial charge in [0, 0.05) is 12.6 Å². The fourth-order valence-electron chi connectivity index (χ4n) is 3.46. The lowest BCUT2D eigenvalue weighted by Crippen LogP contribution is -2.41. The van der Waals surface area contributed by atoms with Gasteiger partial charge in [-0.05, 0) is 30.5 Å². The van der Waals surface area contributed by atoms with Gasteiger partial charge in [0.25, 0.3) is 0 Å². The summed E-state index contributed by atoms with van der Waals surface area (Å²) in [6.07, 6.45) is 10.3. The topological polar surface area (TPSA) is 47.9 Å². The molecule has 0 aromatic heterocycles. The van der Waals surface area contributed by atoms with E-state index < -0.39 is 5.79 Å². The highest BCUT2D eigenvalue weighted by Crippen LogP contribution is 2.24. The molecule has 0 radical (unpaired) electrons. The second kappa shape index (κ2) is 14.5. The zero-order valence-electron chi connectivity index (χ0n) is 19.1. The van der Waals surface area contributed by atoms with Gasteiger partial charge in [-0.2, -0.15) is 0 Å². The molecule has 0 heterocycles. The fraction of sp³-hybridized carbons (Fsp3) is 0.481. The highest BCUT2D eigenvalue weighted by molar-refractivity contribution is 5.89. The molecule has 0 N–H and O–H groups in total. The number of ether oxygens (including phenoxy) is 2. The van der Waals surface area contributed by atoms with E-state index in [1.807, 2.05) is 54.7 Å². The lowest BCUT2D eigenvalue weighted by Gasteiger charge is -2.32. The highest BCUT2D eigenvalue weighted by Gasteiger charge is 2.35. The van der Waals surface area contributed by atoms with Gasteiger partial charge in [0.2, 0.25) is 5.79 Å². The number of carbonyl (C=O) groups excluding carboxylic acids is 1. The van der Waals surface area contributed by atoms with Crippen LogP contribution < -0.4 is 0 Å². The standard InChI is InChI=1S/C27H37NO3/c1-3-5-6-7-8-15-21-30-27(20-4-2,23-28-22-24-16-11-9-12-17-24)31-26(29)25-18-13-10-14-19-25/h9-14,16-19,22H,3-8,15,20-21,23H2,1-2H3. The summed E-state index contributed by atoms with van der Waals surface area (Å²) in [5.41, 5.74) is 1.54. The van der Waals surface area contributed by atoms with Crippen LogP contribution in [0.15, 0.2) is 65.7 Å². The predicted molar refractivity (Wildman–Crippen MR) is 128 cm³/mol. The summed E-state index contributed by atoms with van der Waals surface area (Å²) in [4.78, 5) is 17.4. The zero-order valence-corrected chi connectivity index (χ0v) is 19.1. The van der Waals surface area contributed by atoms with Crippen LogP contribution in [0.3, 0.4) is 0 Å². The maximum absolute atomic E-state index is 12.8. The van der Waals surface area contributed by atoms with Crippen molar-refractivity contribution in [1.82, 2.24) is 0 Å². The summed E-state index contributed by atoms with van der Waals surface area (Å²) in [7, 11) is 0. The Morgan fingerprint density at radius 3 is 2.19 bits per heavy atom. The summed E-state index contributed by atoms with van der Waals surface area (Å²) < 4.78 is 12.2. The van der Waals surface area contributed by atoms with Gasteiger partial charge in [-0.15, -0.1) is 0 Å². The molecule has 4 heteroatoms. The maximum atomic E-state index is 12.8. The van der Waals surface area contributed by atoms with E-state index in [-0.39, 0.29) is 12.5 Å². The lowest BCUT2D eigenvalue weighted by atomic mass is 10.1. The van der Waals surface area contributed by atoms with Gasteiger partial charge in [0.15, 0.2) is 0 Å². The Balaban J connectivity index is 2.06. The molecule has 4 nitrogen and oxygen atoms in total. The molecule has 168 valence electrons. The Morgan fingerprint density at radius 2 is 1.52 bits per heavy atom. The van der Waals surface area contributed by atoms with Crippen LogP contribution in [0.5, 0.6) is 0 Å². The summed E-state index contributed by atoms with van der Waals surface area (Å²) in [6.45, 7) is 5.14. The van der Waals surface area contributed by atoms with Crippen LogP contribution >= 0.6 is 0 Å². The summed E-state index contributed by atoms with van der Waals surface area (Å²) >= 11 is 0. The summed E-state index contributed by atoms with van der Waals surface area (Å²) in [5.74, 6) is -1.41. The molecule has 0 amide bonds. The average molecular weight is 424 g/mol. The number of hydrogen-bond donors (Lipinski definition) is 0. The van der Waals surface area contributed by atoms with Gasteiger partial charge in [0.1, 0.15) is 6.54 Å². The first-order chi connectivity index (χ1) is 15.2. The zero-order chi connectivity index (χ0) is 22.2. The normalized spacial score (nSPS) is 13.2. The van der Waals surface area contributed by atoms with E-state index in [1.165, 1.54) is 25.7 Å². The van der Waals surface area contributed by atoms with Crippen molar-refractivity contribution >= 4 is 12.2 Å². The first-order valence-corrected chi connectivity index (χ1v) is 11.7. The average Bonchev–Trinajstić information content (AvgIpc) is 2.80. The molecule has 0 aliphatic rings. The van der Waals surface area contributed by atoms with Crippen molar-refractivity contribution in [2.24, 2.45) is 4.99 Å². The van der Waals surface area contributed by atoms with Gasteiger partial charge in [0.05, 0.1) is 12.2 Å². The van der Waals surface area contributed by atoms with E-state index in [9.17, 15) is 4.79 Å². The Bertz CT molecular complexity index is 761. The van der Waals surface area contributed by atoms with Crippen molar-refractivity contribution < 1.29 is 14.3 Å².